The third-order valence-electron chi connectivity index (χ3n) is 2.90. The van der Waals surface area contributed by atoms with Crippen LogP contribution in [0.1, 0.15) is 12.5 Å². The smallest absolute Gasteiger partial charge is 0.250 e. The monoisotopic (exact) mass is 372 g/mol. The van der Waals surface area contributed by atoms with Crippen LogP contribution in [0.5, 0.6) is 11.5 Å². The molecule has 2 aromatic rings. The number of ether oxygens (including phenoxy) is 2. The highest BCUT2D eigenvalue weighted by Crippen LogP contribution is 2.28. The fourth-order valence-electron chi connectivity index (χ4n) is 1.84. The van der Waals surface area contributed by atoms with E-state index in [2.05, 4.69) is 27.1 Å². The van der Waals surface area contributed by atoms with Gasteiger partial charge in [-0.3, -0.25) is 4.79 Å². The van der Waals surface area contributed by atoms with Crippen molar-refractivity contribution in [2.24, 2.45) is 5.10 Å². The summed E-state index contributed by atoms with van der Waals surface area (Å²) in [5.41, 5.74) is 3.25. The molecule has 0 unspecified atom stereocenters. The van der Waals surface area contributed by atoms with Gasteiger partial charge in [-0.25, -0.2) is 15.4 Å². The predicted octanol–water partition coefficient (Wildman–Crippen LogP) is 2.68. The van der Waals surface area contributed by atoms with Crippen LogP contribution in [0.15, 0.2) is 59.6 Å². The first-order valence-electron chi connectivity index (χ1n) is 7.95. The Bertz CT molecular complexity index is 753. The Morgan fingerprint density at radius 1 is 1.31 bits per heavy atom. The molecule has 0 aliphatic rings. The molecule has 1 heterocycles. The minimum atomic E-state index is -0.241. The molecule has 26 heavy (non-hydrogen) atoms. The molecular weight excluding hydrogens is 352 g/mol. The lowest BCUT2D eigenvalue weighted by Gasteiger charge is -2.11. The number of nitrogens with one attached hydrogen (secondary N) is 1. The van der Waals surface area contributed by atoms with Crippen molar-refractivity contribution in [2.75, 3.05) is 19.0 Å². The van der Waals surface area contributed by atoms with Gasteiger partial charge < -0.3 is 9.47 Å². The van der Waals surface area contributed by atoms with E-state index in [1.54, 1.807) is 42.9 Å². The quantitative estimate of drug-likeness (QED) is 0.227. The molecule has 0 saturated heterocycles. The molecule has 8 heteroatoms. The molecule has 0 aliphatic carbocycles. The summed E-state index contributed by atoms with van der Waals surface area (Å²) in [5.74, 6) is 1.18. The molecule has 1 aromatic heterocycles. The number of hydrogen-bond acceptors (Lipinski definition) is 7. The van der Waals surface area contributed by atoms with E-state index in [-0.39, 0.29) is 11.7 Å². The van der Waals surface area contributed by atoms with Gasteiger partial charge in [0, 0.05) is 12.4 Å². The molecule has 1 N–H and O–H groups in total. The van der Waals surface area contributed by atoms with Gasteiger partial charge >= 0.3 is 0 Å². The van der Waals surface area contributed by atoms with Gasteiger partial charge in [0.15, 0.2) is 16.7 Å². The lowest BCUT2D eigenvalue weighted by molar-refractivity contribution is -0.118. The maximum atomic E-state index is 11.8. The summed E-state index contributed by atoms with van der Waals surface area (Å²) in [5, 5.41) is 4.50. The predicted molar refractivity (Wildman–Crippen MR) is 102 cm³/mol. The lowest BCUT2D eigenvalue weighted by atomic mass is 10.2. The lowest BCUT2D eigenvalue weighted by Crippen LogP contribution is -2.19. The Hall–Kier alpha value is -2.87. The van der Waals surface area contributed by atoms with E-state index in [9.17, 15) is 4.79 Å². The number of carbonyl (C=O) groups excluding carboxylic acids is 1. The number of hydrazone groups is 1. The highest BCUT2D eigenvalue weighted by molar-refractivity contribution is 7.99. The van der Waals surface area contributed by atoms with Crippen LogP contribution in [0, 0.1) is 0 Å². The van der Waals surface area contributed by atoms with Crippen LogP contribution in [0.3, 0.4) is 0 Å². The van der Waals surface area contributed by atoms with E-state index in [4.69, 9.17) is 9.47 Å². The van der Waals surface area contributed by atoms with Crippen molar-refractivity contribution in [3.63, 3.8) is 0 Å². The Morgan fingerprint density at radius 2 is 2.12 bits per heavy atom. The topological polar surface area (TPSA) is 85.7 Å². The Morgan fingerprint density at radius 3 is 2.85 bits per heavy atom. The van der Waals surface area contributed by atoms with Crippen molar-refractivity contribution >= 4 is 23.9 Å². The zero-order valence-corrected chi connectivity index (χ0v) is 15.2. The SMILES string of the molecule is C=CCOc1ccc(/C=N/NC(=O)CSc2ncccn2)cc1OCC. The van der Waals surface area contributed by atoms with E-state index >= 15 is 0 Å². The standard InChI is InChI=1S/C18H20N4O3S/c1-3-10-25-15-7-6-14(11-16(15)24-4-2)12-21-22-17(23)13-26-18-19-8-5-9-20-18/h3,5-9,11-12H,1,4,10,13H2,2H3,(H,22,23)/b21-12+. The van der Waals surface area contributed by atoms with Crippen molar-refractivity contribution in [3.8, 4) is 11.5 Å². The first kappa shape index (κ1) is 19.5. The van der Waals surface area contributed by atoms with Gasteiger partial charge in [-0.05, 0) is 36.8 Å². The summed E-state index contributed by atoms with van der Waals surface area (Å²) in [6.45, 7) is 6.43. The molecular formula is C18H20N4O3S. The second-order valence-corrected chi connectivity index (χ2v) is 5.79. The van der Waals surface area contributed by atoms with Crippen molar-refractivity contribution < 1.29 is 14.3 Å². The van der Waals surface area contributed by atoms with Gasteiger partial charge in [-0.2, -0.15) is 5.10 Å². The van der Waals surface area contributed by atoms with E-state index in [0.29, 0.717) is 29.9 Å². The summed E-state index contributed by atoms with van der Waals surface area (Å²) in [6.07, 6.45) is 6.47. The summed E-state index contributed by atoms with van der Waals surface area (Å²) in [7, 11) is 0. The third kappa shape index (κ3) is 6.56. The largest absolute Gasteiger partial charge is 0.490 e. The van der Waals surface area contributed by atoms with Crippen molar-refractivity contribution in [2.45, 2.75) is 12.1 Å². The zero-order valence-electron chi connectivity index (χ0n) is 14.4. The second-order valence-electron chi connectivity index (χ2n) is 4.85. The van der Waals surface area contributed by atoms with Crippen LogP contribution in [0.2, 0.25) is 0 Å². The molecule has 0 bridgehead atoms. The normalized spacial score (nSPS) is 10.5. The highest BCUT2D eigenvalue weighted by atomic mass is 32.2. The number of hydrogen-bond donors (Lipinski definition) is 1. The molecule has 0 radical (unpaired) electrons. The Labute approximate surface area is 156 Å². The molecule has 0 spiro atoms. The van der Waals surface area contributed by atoms with Crippen LogP contribution in [0.25, 0.3) is 0 Å². The molecule has 0 fully saturated rings. The van der Waals surface area contributed by atoms with Crippen LogP contribution in [-0.4, -0.2) is 41.1 Å². The summed E-state index contributed by atoms with van der Waals surface area (Å²) in [6, 6.07) is 7.13. The average molecular weight is 372 g/mol. The molecule has 136 valence electrons. The van der Waals surface area contributed by atoms with Crippen LogP contribution >= 0.6 is 11.8 Å². The van der Waals surface area contributed by atoms with E-state index < -0.39 is 0 Å². The van der Waals surface area contributed by atoms with Crippen molar-refractivity contribution in [3.05, 3.63) is 54.9 Å². The molecule has 1 aromatic carbocycles. The molecule has 0 atom stereocenters. The molecule has 1 amide bonds. The third-order valence-corrected chi connectivity index (χ3v) is 3.78. The van der Waals surface area contributed by atoms with Crippen LogP contribution in [0.4, 0.5) is 0 Å². The van der Waals surface area contributed by atoms with Gasteiger partial charge in [0.1, 0.15) is 6.61 Å². The van der Waals surface area contributed by atoms with Crippen molar-refractivity contribution in [1.29, 1.82) is 0 Å². The van der Waals surface area contributed by atoms with Crippen molar-refractivity contribution in [1.82, 2.24) is 15.4 Å². The average Bonchev–Trinajstić information content (AvgIpc) is 2.67. The molecule has 0 saturated carbocycles. The first-order valence-corrected chi connectivity index (χ1v) is 8.93. The number of nitrogens with zero attached hydrogens (tertiary/aromatic N) is 3. The van der Waals surface area contributed by atoms with Gasteiger partial charge in [-0.1, -0.05) is 24.4 Å². The number of rotatable bonds is 10. The molecule has 0 aliphatic heterocycles. The van der Waals surface area contributed by atoms with Gasteiger partial charge in [-0.15, -0.1) is 0 Å². The number of amides is 1. The van der Waals surface area contributed by atoms with Gasteiger partial charge in [0.05, 0.1) is 18.6 Å². The number of thioether (sulfide) groups is 1. The van der Waals surface area contributed by atoms with E-state index in [0.717, 1.165) is 5.56 Å². The summed E-state index contributed by atoms with van der Waals surface area (Å²) < 4.78 is 11.1. The Kier molecular flexibility index (Phi) is 8.14. The van der Waals surface area contributed by atoms with E-state index in [1.807, 2.05) is 13.0 Å². The highest BCUT2D eigenvalue weighted by Gasteiger charge is 2.06. The Balaban J connectivity index is 1.89. The van der Waals surface area contributed by atoms with Gasteiger partial charge in [0.2, 0.25) is 0 Å². The van der Waals surface area contributed by atoms with Gasteiger partial charge in [0.25, 0.3) is 5.91 Å². The number of aromatic nitrogens is 2. The fraction of sp³-hybridized carbons (Fsp3) is 0.222. The minimum Gasteiger partial charge on any atom is -0.490 e. The maximum absolute atomic E-state index is 11.8. The zero-order chi connectivity index (χ0) is 18.6. The van der Waals surface area contributed by atoms with Crippen LogP contribution in [-0.2, 0) is 4.79 Å². The first-order chi connectivity index (χ1) is 12.7. The van der Waals surface area contributed by atoms with Crippen LogP contribution < -0.4 is 14.9 Å². The summed E-state index contributed by atoms with van der Waals surface area (Å²) >= 11 is 1.24. The maximum Gasteiger partial charge on any atom is 0.250 e. The number of carbonyl (C=O) groups is 1. The fourth-order valence-corrected chi connectivity index (χ4v) is 2.44. The summed E-state index contributed by atoms with van der Waals surface area (Å²) in [4.78, 5) is 19.9. The second kappa shape index (κ2) is 10.9. The minimum absolute atomic E-state index is 0.180. The number of benzene rings is 1. The van der Waals surface area contributed by atoms with E-state index in [1.165, 1.54) is 11.8 Å². The molecule has 2 rings (SSSR count). The molecule has 7 nitrogen and oxygen atoms in total.